The van der Waals surface area contributed by atoms with E-state index in [0.29, 0.717) is 32.6 Å². The summed E-state index contributed by atoms with van der Waals surface area (Å²) >= 11 is 12.6. The Bertz CT molecular complexity index is 1120. The van der Waals surface area contributed by atoms with Crippen molar-refractivity contribution in [2.75, 3.05) is 0 Å². The number of aryl methyl sites for hydroxylation is 2. The standard InChI is InChI=1S/C21H14Cl2N2O3/c1-11-6-8-13(9-7-11)10-16-21(26)27-20(24-16)17-12(2)28-25-19(17)18-14(22)4-3-5-15(18)23/h3-10H,1-2H3. The summed E-state index contributed by atoms with van der Waals surface area (Å²) in [6, 6.07) is 12.9. The Kier molecular flexibility index (Phi) is 4.79. The SMILES string of the molecule is Cc1ccc(C=C2N=C(c3c(-c4c(Cl)cccc4Cl)noc3C)OC2=O)cc1. The van der Waals surface area contributed by atoms with Crippen LogP contribution in [0.5, 0.6) is 0 Å². The van der Waals surface area contributed by atoms with E-state index in [-0.39, 0.29) is 11.6 Å². The average molecular weight is 413 g/mol. The fourth-order valence-electron chi connectivity index (χ4n) is 2.86. The number of aromatic nitrogens is 1. The van der Waals surface area contributed by atoms with Crippen molar-refractivity contribution in [3.8, 4) is 11.3 Å². The molecule has 0 unspecified atom stereocenters. The molecule has 140 valence electrons. The number of ether oxygens (including phenoxy) is 1. The van der Waals surface area contributed by atoms with Crippen molar-refractivity contribution < 1.29 is 14.1 Å². The maximum absolute atomic E-state index is 12.3. The third-order valence-electron chi connectivity index (χ3n) is 4.28. The molecule has 0 amide bonds. The highest BCUT2D eigenvalue weighted by atomic mass is 35.5. The molecule has 28 heavy (non-hydrogen) atoms. The molecular formula is C21H14Cl2N2O3. The third-order valence-corrected chi connectivity index (χ3v) is 4.91. The van der Waals surface area contributed by atoms with Crippen molar-refractivity contribution >= 4 is 41.1 Å². The Labute approximate surface area is 171 Å². The monoisotopic (exact) mass is 412 g/mol. The summed E-state index contributed by atoms with van der Waals surface area (Å²) in [5.41, 5.74) is 3.47. The normalized spacial score (nSPS) is 15.1. The molecule has 5 nitrogen and oxygen atoms in total. The third kappa shape index (κ3) is 3.35. The fraction of sp³-hybridized carbons (Fsp3) is 0.0952. The van der Waals surface area contributed by atoms with Gasteiger partial charge in [-0.3, -0.25) is 0 Å². The summed E-state index contributed by atoms with van der Waals surface area (Å²) in [5, 5.41) is 4.87. The van der Waals surface area contributed by atoms with E-state index < -0.39 is 5.97 Å². The molecule has 0 N–H and O–H groups in total. The van der Waals surface area contributed by atoms with Crippen LogP contribution in [-0.2, 0) is 9.53 Å². The second-order valence-electron chi connectivity index (χ2n) is 6.31. The lowest BCUT2D eigenvalue weighted by Crippen LogP contribution is -2.07. The van der Waals surface area contributed by atoms with Gasteiger partial charge in [0.25, 0.3) is 0 Å². The lowest BCUT2D eigenvalue weighted by Gasteiger charge is -2.05. The number of halogens is 2. The maximum atomic E-state index is 12.3. The first-order valence-electron chi connectivity index (χ1n) is 8.44. The Balaban J connectivity index is 1.79. The molecule has 0 spiro atoms. The van der Waals surface area contributed by atoms with Gasteiger partial charge < -0.3 is 9.26 Å². The predicted molar refractivity (Wildman–Crippen MR) is 108 cm³/mol. The van der Waals surface area contributed by atoms with Crippen LogP contribution in [-0.4, -0.2) is 17.0 Å². The number of hydrogen-bond donors (Lipinski definition) is 0. The smallest absolute Gasteiger partial charge is 0.363 e. The number of carbonyl (C=O) groups excluding carboxylic acids is 1. The van der Waals surface area contributed by atoms with E-state index in [0.717, 1.165) is 11.1 Å². The maximum Gasteiger partial charge on any atom is 0.363 e. The number of carbonyl (C=O) groups is 1. The van der Waals surface area contributed by atoms with Gasteiger partial charge >= 0.3 is 5.97 Å². The van der Waals surface area contributed by atoms with Gasteiger partial charge in [0.05, 0.1) is 10.0 Å². The van der Waals surface area contributed by atoms with Crippen LogP contribution < -0.4 is 0 Å². The van der Waals surface area contributed by atoms with Gasteiger partial charge in [0, 0.05) is 5.56 Å². The van der Waals surface area contributed by atoms with Gasteiger partial charge in [-0.15, -0.1) is 0 Å². The lowest BCUT2D eigenvalue weighted by molar-refractivity contribution is -0.129. The van der Waals surface area contributed by atoms with Gasteiger partial charge in [0.15, 0.2) is 5.70 Å². The molecule has 2 heterocycles. The molecule has 0 aliphatic carbocycles. The van der Waals surface area contributed by atoms with E-state index in [1.54, 1.807) is 31.2 Å². The number of esters is 1. The summed E-state index contributed by atoms with van der Waals surface area (Å²) in [7, 11) is 0. The molecule has 0 saturated carbocycles. The van der Waals surface area contributed by atoms with E-state index in [1.807, 2.05) is 31.2 Å². The van der Waals surface area contributed by atoms with Gasteiger partial charge in [-0.05, 0) is 37.6 Å². The quantitative estimate of drug-likeness (QED) is 0.414. The minimum absolute atomic E-state index is 0.105. The zero-order chi connectivity index (χ0) is 19.8. The van der Waals surface area contributed by atoms with Crippen molar-refractivity contribution in [3.63, 3.8) is 0 Å². The highest BCUT2D eigenvalue weighted by Crippen LogP contribution is 2.38. The van der Waals surface area contributed by atoms with Crippen LogP contribution in [0.3, 0.4) is 0 Å². The van der Waals surface area contributed by atoms with E-state index in [9.17, 15) is 4.79 Å². The Morgan fingerprint density at radius 2 is 1.64 bits per heavy atom. The van der Waals surface area contributed by atoms with Crippen LogP contribution in [0.15, 0.2) is 57.7 Å². The zero-order valence-electron chi connectivity index (χ0n) is 15.0. The van der Waals surface area contributed by atoms with E-state index in [1.165, 1.54) is 0 Å². The Hall–Kier alpha value is -2.89. The van der Waals surface area contributed by atoms with Crippen LogP contribution in [0.1, 0.15) is 22.5 Å². The van der Waals surface area contributed by atoms with Crippen molar-refractivity contribution in [2.45, 2.75) is 13.8 Å². The number of hydrogen-bond acceptors (Lipinski definition) is 5. The second-order valence-corrected chi connectivity index (χ2v) is 7.12. The molecule has 1 aromatic heterocycles. The van der Waals surface area contributed by atoms with Crippen molar-refractivity contribution in [1.29, 1.82) is 0 Å². The van der Waals surface area contributed by atoms with Gasteiger partial charge in [-0.1, -0.05) is 64.3 Å². The zero-order valence-corrected chi connectivity index (χ0v) is 16.5. The molecule has 1 aliphatic heterocycles. The largest absolute Gasteiger partial charge is 0.402 e. The molecule has 0 radical (unpaired) electrons. The molecule has 0 bridgehead atoms. The number of cyclic esters (lactones) is 1. The summed E-state index contributed by atoms with van der Waals surface area (Å²) in [6.45, 7) is 3.70. The van der Waals surface area contributed by atoms with Crippen LogP contribution in [0, 0.1) is 13.8 Å². The minimum Gasteiger partial charge on any atom is -0.402 e. The number of rotatable bonds is 3. The molecule has 0 saturated heterocycles. The van der Waals surface area contributed by atoms with Crippen LogP contribution in [0.2, 0.25) is 10.0 Å². The predicted octanol–water partition coefficient (Wildman–Crippen LogP) is 5.61. The summed E-state index contributed by atoms with van der Waals surface area (Å²) < 4.78 is 10.7. The van der Waals surface area contributed by atoms with Crippen molar-refractivity contribution in [3.05, 3.63) is 80.7 Å². The molecule has 2 aromatic carbocycles. The number of benzene rings is 2. The summed E-state index contributed by atoms with van der Waals surface area (Å²) in [4.78, 5) is 16.7. The molecule has 0 fully saturated rings. The minimum atomic E-state index is -0.549. The Morgan fingerprint density at radius 1 is 0.964 bits per heavy atom. The van der Waals surface area contributed by atoms with Gasteiger partial charge in [0.1, 0.15) is 17.0 Å². The van der Waals surface area contributed by atoms with Crippen molar-refractivity contribution in [1.82, 2.24) is 5.16 Å². The Morgan fingerprint density at radius 3 is 2.32 bits per heavy atom. The number of aliphatic imine (C=N–C) groups is 1. The molecule has 1 aliphatic rings. The van der Waals surface area contributed by atoms with E-state index in [2.05, 4.69) is 10.1 Å². The highest BCUT2D eigenvalue weighted by Gasteiger charge is 2.31. The van der Waals surface area contributed by atoms with Crippen LogP contribution in [0.4, 0.5) is 0 Å². The lowest BCUT2D eigenvalue weighted by atomic mass is 10.1. The van der Waals surface area contributed by atoms with Gasteiger partial charge in [0.2, 0.25) is 5.90 Å². The van der Waals surface area contributed by atoms with Gasteiger partial charge in [-0.2, -0.15) is 0 Å². The first kappa shape index (κ1) is 18.5. The van der Waals surface area contributed by atoms with Gasteiger partial charge in [-0.25, -0.2) is 9.79 Å². The van der Waals surface area contributed by atoms with Crippen molar-refractivity contribution in [2.24, 2.45) is 4.99 Å². The second kappa shape index (κ2) is 7.26. The molecular weight excluding hydrogens is 399 g/mol. The fourth-order valence-corrected chi connectivity index (χ4v) is 3.43. The first-order valence-corrected chi connectivity index (χ1v) is 9.20. The summed E-state index contributed by atoms with van der Waals surface area (Å²) in [6.07, 6.45) is 1.67. The molecule has 4 rings (SSSR count). The van der Waals surface area contributed by atoms with E-state index in [4.69, 9.17) is 32.5 Å². The molecule has 3 aromatic rings. The summed E-state index contributed by atoms with van der Waals surface area (Å²) in [5.74, 6) is -0.00500. The number of nitrogens with zero attached hydrogens (tertiary/aromatic N) is 2. The highest BCUT2D eigenvalue weighted by molar-refractivity contribution is 6.39. The van der Waals surface area contributed by atoms with E-state index >= 15 is 0 Å². The topological polar surface area (TPSA) is 64.7 Å². The molecule has 7 heteroatoms. The molecule has 0 atom stereocenters. The van der Waals surface area contributed by atoms with Crippen LogP contribution in [0.25, 0.3) is 17.3 Å². The first-order chi connectivity index (χ1) is 13.4. The van der Waals surface area contributed by atoms with Crippen LogP contribution >= 0.6 is 23.2 Å². The average Bonchev–Trinajstić information content (AvgIpc) is 3.20.